The molecule has 1 saturated carbocycles. The zero-order chi connectivity index (χ0) is 14.7. The maximum atomic E-state index is 11.7. The van der Waals surface area contributed by atoms with Gasteiger partial charge in [0.1, 0.15) is 11.5 Å². The van der Waals surface area contributed by atoms with Crippen LogP contribution in [0.4, 0.5) is 5.69 Å². The summed E-state index contributed by atoms with van der Waals surface area (Å²) in [5.74, 6) is -0.185. The first-order chi connectivity index (χ1) is 9.52. The molecule has 0 bridgehead atoms. The van der Waals surface area contributed by atoms with Crippen LogP contribution in [-0.4, -0.2) is 30.2 Å². The normalized spacial score (nSPS) is 13.9. The lowest BCUT2D eigenvalue weighted by molar-refractivity contribution is -0.141. The third-order valence-corrected chi connectivity index (χ3v) is 3.62. The lowest BCUT2D eigenvalue weighted by Crippen LogP contribution is -2.33. The quantitative estimate of drug-likeness (QED) is 0.643. The van der Waals surface area contributed by atoms with Crippen molar-refractivity contribution in [2.45, 2.75) is 32.7 Å². The number of carbonyl (C=O) groups excluding carboxylic acids is 1. The molecule has 5 heteroatoms. The van der Waals surface area contributed by atoms with E-state index in [1.807, 2.05) is 32.0 Å². The fourth-order valence-corrected chi connectivity index (χ4v) is 2.50. The molecule has 4 nitrogen and oxygen atoms in total. The number of esters is 1. The average Bonchev–Trinajstić information content (AvgIpc) is 3.20. The van der Waals surface area contributed by atoms with Gasteiger partial charge in [0.2, 0.25) is 0 Å². The highest BCUT2D eigenvalue weighted by atomic mass is 32.1. The molecule has 0 saturated heterocycles. The fourth-order valence-electron chi connectivity index (χ4n) is 2.27. The number of aryl methyl sites for hydroxylation is 1. The summed E-state index contributed by atoms with van der Waals surface area (Å²) in [5, 5.41) is 0. The number of thiocarbonyl (C=S) groups is 1. The Labute approximate surface area is 124 Å². The van der Waals surface area contributed by atoms with Crippen molar-refractivity contribution in [3.05, 3.63) is 29.3 Å². The third-order valence-electron chi connectivity index (χ3n) is 3.40. The molecule has 0 amide bonds. The lowest BCUT2D eigenvalue weighted by Gasteiger charge is -2.24. The maximum absolute atomic E-state index is 11.7. The van der Waals surface area contributed by atoms with E-state index < -0.39 is 0 Å². The van der Waals surface area contributed by atoms with Crippen molar-refractivity contribution in [2.24, 2.45) is 5.73 Å². The van der Waals surface area contributed by atoms with E-state index >= 15 is 0 Å². The molecule has 1 aromatic carbocycles. The molecule has 0 heterocycles. The number of rotatable bonds is 6. The SMILES string of the molecule is CCOC(=O)CN(c1ccc(C(N)=S)c(C)c1)C1CC1. The van der Waals surface area contributed by atoms with Crippen molar-refractivity contribution < 1.29 is 9.53 Å². The molecule has 0 unspecified atom stereocenters. The Morgan fingerprint density at radius 3 is 2.70 bits per heavy atom. The van der Waals surface area contributed by atoms with Crippen LogP contribution >= 0.6 is 12.2 Å². The minimum atomic E-state index is -0.185. The zero-order valence-electron chi connectivity index (χ0n) is 11.9. The first-order valence-electron chi connectivity index (χ1n) is 6.85. The number of carbonyl (C=O) groups is 1. The highest BCUT2D eigenvalue weighted by molar-refractivity contribution is 7.80. The van der Waals surface area contributed by atoms with Gasteiger partial charge in [-0.3, -0.25) is 4.79 Å². The molecule has 0 aliphatic heterocycles. The smallest absolute Gasteiger partial charge is 0.325 e. The van der Waals surface area contributed by atoms with E-state index in [-0.39, 0.29) is 5.97 Å². The Bertz CT molecular complexity index is 527. The molecule has 0 radical (unpaired) electrons. The third kappa shape index (κ3) is 3.48. The second-order valence-electron chi connectivity index (χ2n) is 5.03. The van der Waals surface area contributed by atoms with Crippen molar-refractivity contribution in [3.63, 3.8) is 0 Å². The van der Waals surface area contributed by atoms with Crippen LogP contribution in [0.25, 0.3) is 0 Å². The summed E-state index contributed by atoms with van der Waals surface area (Å²) in [4.78, 5) is 14.2. The van der Waals surface area contributed by atoms with Gasteiger partial charge in [-0.1, -0.05) is 12.2 Å². The largest absolute Gasteiger partial charge is 0.465 e. The Hall–Kier alpha value is -1.62. The predicted molar refractivity (Wildman–Crippen MR) is 84.1 cm³/mol. The van der Waals surface area contributed by atoms with Crippen LogP contribution in [0.3, 0.4) is 0 Å². The van der Waals surface area contributed by atoms with Gasteiger partial charge in [-0.15, -0.1) is 0 Å². The Morgan fingerprint density at radius 1 is 1.50 bits per heavy atom. The maximum Gasteiger partial charge on any atom is 0.325 e. The number of nitrogens with two attached hydrogens (primary N) is 1. The van der Waals surface area contributed by atoms with Crippen molar-refractivity contribution in [1.29, 1.82) is 0 Å². The molecule has 108 valence electrons. The minimum absolute atomic E-state index is 0.185. The topological polar surface area (TPSA) is 55.6 Å². The summed E-state index contributed by atoms with van der Waals surface area (Å²) >= 11 is 5.02. The van der Waals surface area contributed by atoms with Crippen LogP contribution in [-0.2, 0) is 9.53 Å². The van der Waals surface area contributed by atoms with Crippen molar-refractivity contribution in [2.75, 3.05) is 18.1 Å². The van der Waals surface area contributed by atoms with Crippen molar-refractivity contribution >= 4 is 28.9 Å². The van der Waals surface area contributed by atoms with Gasteiger partial charge in [0, 0.05) is 17.3 Å². The van der Waals surface area contributed by atoms with Crippen LogP contribution < -0.4 is 10.6 Å². The van der Waals surface area contributed by atoms with Crippen molar-refractivity contribution in [1.82, 2.24) is 0 Å². The van der Waals surface area contributed by atoms with Gasteiger partial charge < -0.3 is 15.4 Å². The molecule has 0 aromatic heterocycles. The molecule has 20 heavy (non-hydrogen) atoms. The lowest BCUT2D eigenvalue weighted by atomic mass is 10.1. The van der Waals surface area contributed by atoms with Crippen molar-refractivity contribution in [3.8, 4) is 0 Å². The Kier molecular flexibility index (Phi) is 4.60. The van der Waals surface area contributed by atoms with Gasteiger partial charge in [0.05, 0.1) is 6.61 Å². The van der Waals surface area contributed by atoms with E-state index in [2.05, 4.69) is 4.90 Å². The average molecular weight is 292 g/mol. The molecular formula is C15H20N2O2S. The highest BCUT2D eigenvalue weighted by Crippen LogP contribution is 2.32. The number of nitrogens with zero attached hydrogens (tertiary/aromatic N) is 1. The van der Waals surface area contributed by atoms with Gasteiger partial charge in [-0.2, -0.15) is 0 Å². The Morgan fingerprint density at radius 2 is 2.20 bits per heavy atom. The van der Waals surface area contributed by atoms with Crippen LogP contribution in [0.5, 0.6) is 0 Å². The van der Waals surface area contributed by atoms with E-state index in [0.717, 1.165) is 29.7 Å². The van der Waals surface area contributed by atoms with E-state index in [9.17, 15) is 4.79 Å². The monoisotopic (exact) mass is 292 g/mol. The first kappa shape index (κ1) is 14.8. The molecule has 1 aromatic rings. The van der Waals surface area contributed by atoms with E-state index in [1.165, 1.54) is 0 Å². The fraction of sp³-hybridized carbons (Fsp3) is 0.467. The molecule has 1 aliphatic rings. The zero-order valence-corrected chi connectivity index (χ0v) is 12.7. The van der Waals surface area contributed by atoms with Crippen LogP contribution in [0.15, 0.2) is 18.2 Å². The van der Waals surface area contributed by atoms with E-state index in [4.69, 9.17) is 22.7 Å². The summed E-state index contributed by atoms with van der Waals surface area (Å²) in [6, 6.07) is 6.37. The van der Waals surface area contributed by atoms with E-state index in [1.54, 1.807) is 0 Å². The summed E-state index contributed by atoms with van der Waals surface area (Å²) < 4.78 is 5.04. The number of anilines is 1. The minimum Gasteiger partial charge on any atom is -0.465 e. The summed E-state index contributed by atoms with van der Waals surface area (Å²) in [7, 11) is 0. The molecule has 0 spiro atoms. The summed E-state index contributed by atoms with van der Waals surface area (Å²) in [6.45, 7) is 4.51. The first-order valence-corrected chi connectivity index (χ1v) is 7.26. The van der Waals surface area contributed by atoms with Crippen LogP contribution in [0.1, 0.15) is 30.9 Å². The van der Waals surface area contributed by atoms with Gasteiger partial charge in [0.15, 0.2) is 0 Å². The van der Waals surface area contributed by atoms with Gasteiger partial charge in [-0.25, -0.2) is 0 Å². The summed E-state index contributed by atoms with van der Waals surface area (Å²) in [5.41, 5.74) is 8.62. The molecule has 0 atom stereocenters. The number of hydrogen-bond donors (Lipinski definition) is 1. The van der Waals surface area contributed by atoms with Gasteiger partial charge in [0.25, 0.3) is 0 Å². The highest BCUT2D eigenvalue weighted by Gasteiger charge is 2.31. The second-order valence-corrected chi connectivity index (χ2v) is 5.47. The number of benzene rings is 1. The standard InChI is InChI=1S/C15H20N2O2S/c1-3-19-14(18)9-17(11-4-5-11)12-6-7-13(15(16)20)10(2)8-12/h6-8,11H,3-5,9H2,1-2H3,(H2,16,20). The van der Waals surface area contributed by atoms with Crippen LogP contribution in [0, 0.1) is 6.92 Å². The molecular weight excluding hydrogens is 272 g/mol. The number of hydrogen-bond acceptors (Lipinski definition) is 4. The number of ether oxygens (including phenoxy) is 1. The molecule has 2 N–H and O–H groups in total. The second kappa shape index (κ2) is 6.22. The molecule has 1 fully saturated rings. The van der Waals surface area contributed by atoms with Gasteiger partial charge >= 0.3 is 5.97 Å². The molecule has 1 aliphatic carbocycles. The Balaban J connectivity index is 2.19. The van der Waals surface area contributed by atoms with Gasteiger partial charge in [-0.05, 0) is 50.5 Å². The van der Waals surface area contributed by atoms with Crippen LogP contribution in [0.2, 0.25) is 0 Å². The molecule has 2 rings (SSSR count). The predicted octanol–water partition coefficient (Wildman–Crippen LogP) is 2.16. The van der Waals surface area contributed by atoms with E-state index in [0.29, 0.717) is 24.2 Å². The summed E-state index contributed by atoms with van der Waals surface area (Å²) in [6.07, 6.45) is 2.24.